The highest BCUT2D eigenvalue weighted by Crippen LogP contribution is 2.19. The molecule has 0 aliphatic rings. The zero-order chi connectivity index (χ0) is 19.4. The molecule has 0 aliphatic carbocycles. The zero-order valence-corrected chi connectivity index (χ0v) is 16.0. The Morgan fingerprint density at radius 1 is 1.12 bits per heavy atom. The van der Waals surface area contributed by atoms with E-state index in [1.54, 1.807) is 36.4 Å². The zero-order valence-electron chi connectivity index (χ0n) is 15.2. The molecule has 2 aromatic rings. The van der Waals surface area contributed by atoms with E-state index in [1.807, 2.05) is 20.8 Å². The van der Waals surface area contributed by atoms with Crippen molar-refractivity contribution in [2.75, 3.05) is 11.3 Å². The van der Waals surface area contributed by atoms with Crippen LogP contribution in [0, 0.1) is 5.92 Å². The Bertz CT molecular complexity index is 867. The maximum Gasteiger partial charge on any atom is 0.261 e. The van der Waals surface area contributed by atoms with Crippen LogP contribution in [0.3, 0.4) is 0 Å². The second-order valence-corrected chi connectivity index (χ2v) is 8.41. The van der Waals surface area contributed by atoms with Crippen molar-refractivity contribution in [1.29, 1.82) is 0 Å². The second kappa shape index (κ2) is 7.88. The van der Waals surface area contributed by atoms with Crippen LogP contribution in [0.5, 0.6) is 0 Å². The van der Waals surface area contributed by atoms with Crippen LogP contribution in [0.2, 0.25) is 0 Å². The molecular weight excluding hydrogens is 350 g/mol. The van der Waals surface area contributed by atoms with Gasteiger partial charge in [-0.2, -0.15) is 0 Å². The summed E-state index contributed by atoms with van der Waals surface area (Å²) in [5, 5.41) is 2.94. The van der Waals surface area contributed by atoms with E-state index in [0.717, 1.165) is 0 Å². The van der Waals surface area contributed by atoms with Gasteiger partial charge in [-0.3, -0.25) is 9.52 Å². The van der Waals surface area contributed by atoms with E-state index < -0.39 is 15.6 Å². The van der Waals surface area contributed by atoms with Crippen LogP contribution in [0.25, 0.3) is 0 Å². The average molecular weight is 375 g/mol. The van der Waals surface area contributed by atoms with Crippen molar-refractivity contribution in [3.05, 3.63) is 60.2 Å². The Hall–Kier alpha value is -2.38. The summed E-state index contributed by atoms with van der Waals surface area (Å²) in [7, 11) is -3.71. The molecule has 7 heteroatoms. The summed E-state index contributed by atoms with van der Waals surface area (Å²) < 4.78 is 27.3. The number of hydrogen-bond acceptors (Lipinski definition) is 4. The average Bonchev–Trinajstić information content (AvgIpc) is 2.62. The van der Waals surface area contributed by atoms with Gasteiger partial charge in [-0.25, -0.2) is 8.42 Å². The van der Waals surface area contributed by atoms with Crippen molar-refractivity contribution < 1.29 is 13.2 Å². The number of carbonyl (C=O) groups excluding carboxylic acids is 1. The Kier molecular flexibility index (Phi) is 6.05. The summed E-state index contributed by atoms with van der Waals surface area (Å²) in [5.41, 5.74) is 5.94. The lowest BCUT2D eigenvalue weighted by Gasteiger charge is -2.33. The summed E-state index contributed by atoms with van der Waals surface area (Å²) in [4.78, 5) is 12.7. The fraction of sp³-hybridized carbons (Fsp3) is 0.316. The molecule has 0 fully saturated rings. The maximum atomic E-state index is 12.6. The van der Waals surface area contributed by atoms with E-state index >= 15 is 0 Å². The Morgan fingerprint density at radius 3 is 2.35 bits per heavy atom. The fourth-order valence-corrected chi connectivity index (χ4v) is 3.37. The quantitative estimate of drug-likeness (QED) is 0.692. The number of anilines is 1. The SMILES string of the molecule is CC(C)C(C)(CN)NC(=O)c1cccc(NS(=O)(=O)c2ccccc2)c1. The Morgan fingerprint density at radius 2 is 1.77 bits per heavy atom. The minimum absolute atomic E-state index is 0.149. The number of benzene rings is 2. The number of nitrogens with one attached hydrogen (secondary N) is 2. The first-order valence-corrected chi connectivity index (χ1v) is 9.87. The first-order valence-electron chi connectivity index (χ1n) is 8.38. The van der Waals surface area contributed by atoms with Crippen molar-refractivity contribution >= 4 is 21.6 Å². The van der Waals surface area contributed by atoms with Gasteiger partial charge in [0, 0.05) is 17.8 Å². The van der Waals surface area contributed by atoms with Gasteiger partial charge in [0.1, 0.15) is 0 Å². The molecule has 0 saturated carbocycles. The molecule has 2 aromatic carbocycles. The van der Waals surface area contributed by atoms with E-state index in [2.05, 4.69) is 10.0 Å². The first-order chi connectivity index (χ1) is 12.2. The molecule has 0 heterocycles. The predicted octanol–water partition coefficient (Wildman–Crippen LogP) is 2.59. The monoisotopic (exact) mass is 375 g/mol. The van der Waals surface area contributed by atoms with Gasteiger partial charge >= 0.3 is 0 Å². The van der Waals surface area contributed by atoms with Crippen molar-refractivity contribution in [1.82, 2.24) is 5.32 Å². The number of rotatable bonds is 7. The molecule has 2 rings (SSSR count). The molecule has 0 radical (unpaired) electrons. The third-order valence-corrected chi connectivity index (χ3v) is 5.93. The standard InChI is InChI=1S/C19H25N3O3S/c1-14(2)19(3,13-20)21-18(23)15-8-7-9-16(12-15)22-26(24,25)17-10-5-4-6-11-17/h4-12,14,22H,13,20H2,1-3H3,(H,21,23). The highest BCUT2D eigenvalue weighted by atomic mass is 32.2. The summed E-state index contributed by atoms with van der Waals surface area (Å²) in [6.45, 7) is 6.16. The molecule has 1 unspecified atom stereocenters. The van der Waals surface area contributed by atoms with Gasteiger partial charge in [-0.1, -0.05) is 38.1 Å². The molecular formula is C19H25N3O3S. The fourth-order valence-electron chi connectivity index (χ4n) is 2.30. The van der Waals surface area contributed by atoms with Gasteiger partial charge in [-0.15, -0.1) is 0 Å². The minimum atomic E-state index is -3.71. The van der Waals surface area contributed by atoms with E-state index in [4.69, 9.17) is 5.73 Å². The minimum Gasteiger partial charge on any atom is -0.345 e. The van der Waals surface area contributed by atoms with Gasteiger partial charge in [0.2, 0.25) is 0 Å². The van der Waals surface area contributed by atoms with Crippen LogP contribution in [0.4, 0.5) is 5.69 Å². The molecule has 26 heavy (non-hydrogen) atoms. The van der Waals surface area contributed by atoms with Crippen molar-refractivity contribution in [2.45, 2.75) is 31.2 Å². The van der Waals surface area contributed by atoms with Crippen LogP contribution in [-0.2, 0) is 10.0 Å². The lowest BCUT2D eigenvalue weighted by Crippen LogP contribution is -2.55. The van der Waals surface area contributed by atoms with Crippen LogP contribution in [0.1, 0.15) is 31.1 Å². The third kappa shape index (κ3) is 4.62. The maximum absolute atomic E-state index is 12.6. The smallest absolute Gasteiger partial charge is 0.261 e. The number of amides is 1. The largest absolute Gasteiger partial charge is 0.345 e. The third-order valence-electron chi connectivity index (χ3n) is 4.53. The molecule has 0 aliphatic heterocycles. The highest BCUT2D eigenvalue weighted by molar-refractivity contribution is 7.92. The van der Waals surface area contributed by atoms with Crippen LogP contribution < -0.4 is 15.8 Å². The van der Waals surface area contributed by atoms with Crippen molar-refractivity contribution in [3.8, 4) is 0 Å². The summed E-state index contributed by atoms with van der Waals surface area (Å²) >= 11 is 0. The molecule has 0 aromatic heterocycles. The van der Waals surface area contributed by atoms with Crippen LogP contribution in [-0.4, -0.2) is 26.4 Å². The van der Waals surface area contributed by atoms with Gasteiger partial charge in [0.15, 0.2) is 0 Å². The molecule has 1 amide bonds. The number of hydrogen-bond donors (Lipinski definition) is 3. The molecule has 0 bridgehead atoms. The van der Waals surface area contributed by atoms with Gasteiger partial charge in [-0.05, 0) is 43.2 Å². The van der Waals surface area contributed by atoms with E-state index in [9.17, 15) is 13.2 Å². The molecule has 4 N–H and O–H groups in total. The van der Waals surface area contributed by atoms with Crippen molar-refractivity contribution in [3.63, 3.8) is 0 Å². The predicted molar refractivity (Wildman–Crippen MR) is 103 cm³/mol. The normalized spacial score (nSPS) is 13.9. The molecule has 140 valence electrons. The van der Waals surface area contributed by atoms with Gasteiger partial charge < -0.3 is 11.1 Å². The number of carbonyl (C=O) groups is 1. The van der Waals surface area contributed by atoms with E-state index in [0.29, 0.717) is 17.8 Å². The van der Waals surface area contributed by atoms with Gasteiger partial charge in [0.05, 0.1) is 10.4 Å². The topological polar surface area (TPSA) is 101 Å². The lowest BCUT2D eigenvalue weighted by atomic mass is 9.88. The molecule has 0 saturated heterocycles. The summed E-state index contributed by atoms with van der Waals surface area (Å²) in [6.07, 6.45) is 0. The van der Waals surface area contributed by atoms with E-state index in [1.165, 1.54) is 18.2 Å². The molecule has 0 spiro atoms. The second-order valence-electron chi connectivity index (χ2n) is 6.73. The highest BCUT2D eigenvalue weighted by Gasteiger charge is 2.29. The number of nitrogens with two attached hydrogens (primary N) is 1. The lowest BCUT2D eigenvalue weighted by molar-refractivity contribution is 0.0883. The Labute approximate surface area is 154 Å². The van der Waals surface area contributed by atoms with Crippen LogP contribution >= 0.6 is 0 Å². The Balaban J connectivity index is 2.22. The first kappa shape index (κ1) is 19.9. The van der Waals surface area contributed by atoms with E-state index in [-0.39, 0.29) is 16.7 Å². The summed E-state index contributed by atoms with van der Waals surface area (Å²) in [6, 6.07) is 14.4. The van der Waals surface area contributed by atoms with Gasteiger partial charge in [0.25, 0.3) is 15.9 Å². The van der Waals surface area contributed by atoms with Crippen molar-refractivity contribution in [2.24, 2.45) is 11.7 Å². The molecule has 6 nitrogen and oxygen atoms in total. The molecule has 1 atom stereocenters. The van der Waals surface area contributed by atoms with Crippen LogP contribution in [0.15, 0.2) is 59.5 Å². The number of sulfonamides is 1. The summed E-state index contributed by atoms with van der Waals surface area (Å²) in [5.74, 6) is -0.149.